The van der Waals surface area contributed by atoms with Crippen LogP contribution in [0.4, 0.5) is 17.1 Å². The SMILES string of the molecule is Clc1ccc(-c2ccc(-c3c(-c4ccccc4)cc4ccccn34)cc2)cc1.c1ccc(-c2cc3ccccn3c2)cc1.c1ccc(-c2ccc(N(c3ccccc3)c3ccc(-c4ccc(-c5c(-c6ccccc6)cc6ccccn56)cc4)cc3)cc2)cc1. The molecule has 0 amide bonds. The summed E-state index contributed by atoms with van der Waals surface area (Å²) in [7, 11) is 0. The average Bonchev–Trinajstić information content (AvgIpc) is 2.18. The molecular formula is C84H61ClN4. The maximum absolute atomic E-state index is 6.02. The van der Waals surface area contributed by atoms with Crippen LogP contribution in [0.15, 0.2) is 371 Å². The second-order valence-corrected chi connectivity index (χ2v) is 22.4. The van der Waals surface area contributed by atoms with Crippen molar-refractivity contribution in [2.45, 2.75) is 0 Å². The molecule has 5 heteroatoms. The molecule has 0 saturated heterocycles. The van der Waals surface area contributed by atoms with E-state index in [1.807, 2.05) is 24.3 Å². The Kier molecular flexibility index (Phi) is 16.0. The largest absolute Gasteiger partial charge is 0.323 e. The number of anilines is 3. The van der Waals surface area contributed by atoms with E-state index in [2.05, 4.69) is 364 Å². The average molecular weight is 1160 g/mol. The Balaban J connectivity index is 0.000000135. The van der Waals surface area contributed by atoms with Gasteiger partial charge in [-0.15, -0.1) is 0 Å². The summed E-state index contributed by atoms with van der Waals surface area (Å²) in [6.07, 6.45) is 8.51. The Morgan fingerprint density at radius 3 is 0.944 bits per heavy atom. The van der Waals surface area contributed by atoms with E-state index in [1.165, 1.54) is 106 Å². The van der Waals surface area contributed by atoms with Crippen molar-refractivity contribution >= 4 is 45.2 Å². The number of nitrogens with zero attached hydrogens (tertiary/aromatic N) is 4. The van der Waals surface area contributed by atoms with Crippen molar-refractivity contribution < 1.29 is 0 Å². The van der Waals surface area contributed by atoms with Gasteiger partial charge < -0.3 is 18.1 Å². The van der Waals surface area contributed by atoms with Gasteiger partial charge in [0.15, 0.2) is 0 Å². The molecule has 0 saturated carbocycles. The first-order valence-corrected chi connectivity index (χ1v) is 30.4. The first-order chi connectivity index (χ1) is 44.0. The van der Waals surface area contributed by atoms with E-state index >= 15 is 0 Å². The predicted molar refractivity (Wildman–Crippen MR) is 375 cm³/mol. The van der Waals surface area contributed by atoms with Crippen molar-refractivity contribution in [3.8, 4) is 89.3 Å². The summed E-state index contributed by atoms with van der Waals surface area (Å²) >= 11 is 6.02. The maximum Gasteiger partial charge on any atom is 0.0607 e. The third-order valence-electron chi connectivity index (χ3n) is 16.3. The number of hydrogen-bond donors (Lipinski definition) is 0. The monoisotopic (exact) mass is 1160 g/mol. The summed E-state index contributed by atoms with van der Waals surface area (Å²) in [5, 5.41) is 0.757. The highest BCUT2D eigenvalue weighted by molar-refractivity contribution is 6.30. The Morgan fingerprint density at radius 1 is 0.225 bits per heavy atom. The Labute approximate surface area is 525 Å². The summed E-state index contributed by atoms with van der Waals surface area (Å²) in [4.78, 5) is 2.31. The van der Waals surface area contributed by atoms with Gasteiger partial charge in [0.1, 0.15) is 0 Å². The molecule has 6 aromatic heterocycles. The van der Waals surface area contributed by atoms with E-state index in [0.29, 0.717) is 0 Å². The number of para-hydroxylation sites is 1. The minimum absolute atomic E-state index is 0.757. The number of rotatable bonds is 11. The molecule has 0 aliphatic carbocycles. The minimum atomic E-state index is 0.757. The molecule has 0 unspecified atom stereocenters. The standard InChI is InChI=1S/C44H32N2.C26H18ClN.C14H11N/c1-4-12-33(13-5-1)35-23-27-40(28-24-35)46(39-16-8-3-9-17-39)41-29-25-36(26-30-41)34-19-21-38(22-20-34)44-43(37-14-6-2-7-15-37)32-42-18-10-11-31-45(42)44;27-23-15-13-20(14-16-23)19-9-11-22(12-10-19)26-25(21-6-2-1-3-7-21)18-24-8-4-5-17-28(24)26;1-2-6-12(7-3-1)13-10-14-8-4-5-9-15(14)11-13/h1-32H;1-18H;1-11H. The molecule has 0 radical (unpaired) electrons. The van der Waals surface area contributed by atoms with Crippen LogP contribution < -0.4 is 4.90 Å². The second kappa shape index (κ2) is 25.6. The lowest BCUT2D eigenvalue weighted by Crippen LogP contribution is -2.09. The lowest BCUT2D eigenvalue weighted by atomic mass is 9.98. The smallest absolute Gasteiger partial charge is 0.0607 e. The normalized spacial score (nSPS) is 11.0. The van der Waals surface area contributed by atoms with Gasteiger partial charge in [-0.25, -0.2) is 0 Å². The van der Waals surface area contributed by atoms with Crippen molar-refractivity contribution in [3.05, 3.63) is 376 Å². The summed E-state index contributed by atoms with van der Waals surface area (Å²) in [5.74, 6) is 0. The fourth-order valence-electron chi connectivity index (χ4n) is 11.9. The van der Waals surface area contributed by atoms with Crippen LogP contribution in [0.5, 0.6) is 0 Å². The molecule has 6 heterocycles. The van der Waals surface area contributed by atoms with Crippen molar-refractivity contribution in [1.82, 2.24) is 13.2 Å². The molecule has 0 fully saturated rings. The van der Waals surface area contributed by atoms with Crippen molar-refractivity contribution in [1.29, 1.82) is 0 Å². The summed E-state index contributed by atoms with van der Waals surface area (Å²) < 4.78 is 6.69. The zero-order valence-corrected chi connectivity index (χ0v) is 49.6. The molecule has 0 N–H and O–H groups in total. The van der Waals surface area contributed by atoms with Crippen LogP contribution in [0, 0.1) is 0 Å². The number of halogens is 1. The van der Waals surface area contributed by atoms with Crippen molar-refractivity contribution in [3.63, 3.8) is 0 Å². The van der Waals surface area contributed by atoms with Crippen LogP contribution in [0.3, 0.4) is 0 Å². The first-order valence-electron chi connectivity index (χ1n) is 30.1. The Bertz CT molecular complexity index is 4910. The zero-order chi connectivity index (χ0) is 59.7. The summed E-state index contributed by atoms with van der Waals surface area (Å²) in [6, 6.07) is 122. The number of aromatic nitrogens is 3. The zero-order valence-electron chi connectivity index (χ0n) is 48.9. The molecule has 0 bridgehead atoms. The van der Waals surface area contributed by atoms with E-state index in [4.69, 9.17) is 11.6 Å². The van der Waals surface area contributed by atoms with Gasteiger partial charge >= 0.3 is 0 Å². The summed E-state index contributed by atoms with van der Waals surface area (Å²) in [5.41, 5.74) is 26.4. The molecule has 16 aromatic rings. The third kappa shape index (κ3) is 12.1. The highest BCUT2D eigenvalue weighted by Gasteiger charge is 2.17. The number of hydrogen-bond acceptors (Lipinski definition) is 1. The number of benzene rings is 10. The topological polar surface area (TPSA) is 16.5 Å². The number of fused-ring (bicyclic) bond motifs is 3. The Hall–Kier alpha value is -11.4. The van der Waals surface area contributed by atoms with Gasteiger partial charge in [-0.2, -0.15) is 0 Å². The van der Waals surface area contributed by atoms with Crippen LogP contribution in [0.2, 0.25) is 5.02 Å². The predicted octanol–water partition coefficient (Wildman–Crippen LogP) is 23.3. The number of pyridine rings is 3. The molecule has 0 spiro atoms. The minimum Gasteiger partial charge on any atom is -0.323 e. The van der Waals surface area contributed by atoms with Gasteiger partial charge in [0.05, 0.1) is 11.4 Å². The second-order valence-electron chi connectivity index (χ2n) is 22.0. The third-order valence-corrected chi connectivity index (χ3v) is 16.6. The van der Waals surface area contributed by atoms with Gasteiger partial charge in [0, 0.05) is 80.1 Å². The summed E-state index contributed by atoms with van der Waals surface area (Å²) in [6.45, 7) is 0. The first kappa shape index (κ1) is 55.4. The van der Waals surface area contributed by atoms with Crippen LogP contribution >= 0.6 is 11.6 Å². The molecule has 10 aromatic carbocycles. The molecule has 89 heavy (non-hydrogen) atoms. The molecule has 0 aliphatic heterocycles. The van der Waals surface area contributed by atoms with Crippen molar-refractivity contribution in [2.75, 3.05) is 4.90 Å². The molecule has 0 atom stereocenters. The van der Waals surface area contributed by atoms with Crippen molar-refractivity contribution in [2.24, 2.45) is 0 Å². The van der Waals surface area contributed by atoms with Gasteiger partial charge in [-0.1, -0.05) is 254 Å². The van der Waals surface area contributed by atoms with Crippen LogP contribution in [0.1, 0.15) is 0 Å². The van der Waals surface area contributed by atoms with Gasteiger partial charge in [-0.3, -0.25) is 0 Å². The van der Waals surface area contributed by atoms with E-state index in [9.17, 15) is 0 Å². The molecular weight excluding hydrogens is 1100 g/mol. The van der Waals surface area contributed by atoms with Gasteiger partial charge in [0.25, 0.3) is 0 Å². The molecule has 16 rings (SSSR count). The highest BCUT2D eigenvalue weighted by atomic mass is 35.5. The molecule has 424 valence electrons. The molecule has 0 aliphatic rings. The van der Waals surface area contributed by atoms with Crippen LogP contribution in [0.25, 0.3) is 106 Å². The van der Waals surface area contributed by atoms with E-state index in [-0.39, 0.29) is 0 Å². The van der Waals surface area contributed by atoms with E-state index in [0.717, 1.165) is 22.1 Å². The maximum atomic E-state index is 6.02. The Morgan fingerprint density at radius 2 is 0.528 bits per heavy atom. The highest BCUT2D eigenvalue weighted by Crippen LogP contribution is 2.40. The fourth-order valence-corrected chi connectivity index (χ4v) is 12.0. The van der Waals surface area contributed by atoms with Crippen LogP contribution in [-0.2, 0) is 0 Å². The quantitative estimate of drug-likeness (QED) is 0.126. The molecule has 4 nitrogen and oxygen atoms in total. The van der Waals surface area contributed by atoms with Crippen LogP contribution in [-0.4, -0.2) is 13.2 Å². The van der Waals surface area contributed by atoms with E-state index < -0.39 is 0 Å². The van der Waals surface area contributed by atoms with Gasteiger partial charge in [0.2, 0.25) is 0 Å². The lowest BCUT2D eigenvalue weighted by molar-refractivity contribution is 1.20. The van der Waals surface area contributed by atoms with E-state index in [1.54, 1.807) is 0 Å². The van der Waals surface area contributed by atoms with Gasteiger partial charge in [-0.05, 0) is 164 Å². The lowest BCUT2D eigenvalue weighted by Gasteiger charge is -2.26. The fraction of sp³-hybridized carbons (Fsp3) is 0.